The zero-order valence-electron chi connectivity index (χ0n) is 17.9. The van der Waals surface area contributed by atoms with Crippen LogP contribution >= 0.6 is 0 Å². The van der Waals surface area contributed by atoms with Crippen molar-refractivity contribution in [2.24, 2.45) is 0 Å². The fraction of sp³-hybridized carbons (Fsp3) is 0.320. The maximum absolute atomic E-state index is 5.51. The molecule has 154 valence electrons. The molecule has 1 atom stereocenters. The number of aromatic nitrogens is 3. The van der Waals surface area contributed by atoms with Gasteiger partial charge in [-0.05, 0) is 49.1 Å². The second-order valence-corrected chi connectivity index (χ2v) is 8.04. The van der Waals surface area contributed by atoms with Crippen molar-refractivity contribution >= 4 is 10.9 Å². The third kappa shape index (κ3) is 3.10. The van der Waals surface area contributed by atoms with Crippen molar-refractivity contribution in [2.45, 2.75) is 39.4 Å². The molecule has 5 nitrogen and oxygen atoms in total. The molecule has 2 aromatic heterocycles. The number of benzene rings is 2. The predicted octanol–water partition coefficient (Wildman–Crippen LogP) is 4.85. The van der Waals surface area contributed by atoms with Gasteiger partial charge in [-0.3, -0.25) is 4.90 Å². The second-order valence-electron chi connectivity index (χ2n) is 8.04. The molecule has 1 aliphatic rings. The normalized spacial score (nSPS) is 16.7. The first kappa shape index (κ1) is 18.9. The van der Waals surface area contributed by atoms with Gasteiger partial charge in [0.2, 0.25) is 0 Å². The highest BCUT2D eigenvalue weighted by Crippen LogP contribution is 2.40. The Hall–Kier alpha value is -3.05. The van der Waals surface area contributed by atoms with E-state index < -0.39 is 0 Å². The number of para-hydroxylation sites is 1. The maximum Gasteiger partial charge on any atom is 0.122 e. The fourth-order valence-electron chi connectivity index (χ4n) is 4.87. The summed E-state index contributed by atoms with van der Waals surface area (Å²) in [5, 5.41) is 1.34. The molecule has 3 heterocycles. The van der Waals surface area contributed by atoms with Gasteiger partial charge in [0, 0.05) is 42.1 Å². The Kier molecular flexibility index (Phi) is 4.83. The van der Waals surface area contributed by atoms with Crippen molar-refractivity contribution in [1.82, 2.24) is 19.4 Å². The molecule has 1 N–H and O–H groups in total. The lowest BCUT2D eigenvalue weighted by molar-refractivity contribution is 0.194. The molecule has 5 rings (SSSR count). The van der Waals surface area contributed by atoms with Gasteiger partial charge >= 0.3 is 0 Å². The molecular formula is C25H28N4O. The number of imidazole rings is 1. The molecule has 0 saturated heterocycles. The fourth-order valence-corrected chi connectivity index (χ4v) is 4.87. The number of hydrogen-bond donors (Lipinski definition) is 1. The summed E-state index contributed by atoms with van der Waals surface area (Å²) >= 11 is 0. The minimum Gasteiger partial charge on any atom is -0.496 e. The SMILES string of the molecule is CCn1ccnc1CN1CCc2c([nH]c3ccccc23)C1c1ccc(OC)c(C)c1. The lowest BCUT2D eigenvalue weighted by Crippen LogP contribution is -2.36. The molecule has 5 heteroatoms. The second kappa shape index (κ2) is 7.65. The largest absolute Gasteiger partial charge is 0.496 e. The Bertz CT molecular complexity index is 1190. The van der Waals surface area contributed by atoms with Crippen LogP contribution in [0.5, 0.6) is 5.75 Å². The minimum absolute atomic E-state index is 0.160. The molecule has 0 aliphatic carbocycles. The van der Waals surface area contributed by atoms with Gasteiger partial charge in [-0.15, -0.1) is 0 Å². The van der Waals surface area contributed by atoms with Gasteiger partial charge in [0.05, 0.1) is 19.7 Å². The topological polar surface area (TPSA) is 46.1 Å². The Labute approximate surface area is 177 Å². The van der Waals surface area contributed by atoms with E-state index in [4.69, 9.17) is 4.74 Å². The third-order valence-electron chi connectivity index (χ3n) is 6.36. The summed E-state index contributed by atoms with van der Waals surface area (Å²) < 4.78 is 7.75. The van der Waals surface area contributed by atoms with Crippen LogP contribution in [0.1, 0.15) is 41.2 Å². The van der Waals surface area contributed by atoms with E-state index in [1.54, 1.807) is 7.11 Å². The average Bonchev–Trinajstić information content (AvgIpc) is 3.37. The molecular weight excluding hydrogens is 372 g/mol. The van der Waals surface area contributed by atoms with Gasteiger partial charge in [-0.25, -0.2) is 4.98 Å². The average molecular weight is 401 g/mol. The molecule has 0 saturated carbocycles. The number of nitrogens with zero attached hydrogens (tertiary/aromatic N) is 3. The van der Waals surface area contributed by atoms with E-state index in [1.165, 1.54) is 27.7 Å². The van der Waals surface area contributed by atoms with E-state index >= 15 is 0 Å². The van der Waals surface area contributed by atoms with E-state index in [9.17, 15) is 0 Å². The highest BCUT2D eigenvalue weighted by Gasteiger charge is 2.32. The van der Waals surface area contributed by atoms with Crippen molar-refractivity contribution in [1.29, 1.82) is 0 Å². The van der Waals surface area contributed by atoms with Crippen molar-refractivity contribution in [3.63, 3.8) is 0 Å². The zero-order valence-corrected chi connectivity index (χ0v) is 17.9. The molecule has 0 fully saturated rings. The molecule has 0 bridgehead atoms. The van der Waals surface area contributed by atoms with E-state index in [0.717, 1.165) is 43.2 Å². The Morgan fingerprint density at radius 2 is 2.07 bits per heavy atom. The summed E-state index contributed by atoms with van der Waals surface area (Å²) in [6.45, 7) is 7.05. The number of H-pyrrole nitrogens is 1. The number of fused-ring (bicyclic) bond motifs is 3. The first-order chi connectivity index (χ1) is 14.7. The smallest absolute Gasteiger partial charge is 0.122 e. The quantitative estimate of drug-likeness (QED) is 0.521. The zero-order chi connectivity index (χ0) is 20.7. The van der Waals surface area contributed by atoms with Crippen LogP contribution in [0.4, 0.5) is 0 Å². The summed E-state index contributed by atoms with van der Waals surface area (Å²) in [5.41, 5.74) is 6.42. The van der Waals surface area contributed by atoms with Crippen LogP contribution in [0.3, 0.4) is 0 Å². The predicted molar refractivity (Wildman–Crippen MR) is 120 cm³/mol. The number of nitrogens with one attached hydrogen (secondary N) is 1. The highest BCUT2D eigenvalue weighted by atomic mass is 16.5. The van der Waals surface area contributed by atoms with Crippen molar-refractivity contribution in [3.8, 4) is 5.75 Å². The first-order valence-electron chi connectivity index (χ1n) is 10.7. The molecule has 4 aromatic rings. The molecule has 1 unspecified atom stereocenters. The van der Waals surface area contributed by atoms with Gasteiger partial charge in [-0.1, -0.05) is 30.3 Å². The van der Waals surface area contributed by atoms with Gasteiger partial charge in [-0.2, -0.15) is 0 Å². The number of aryl methyl sites for hydroxylation is 2. The summed E-state index contributed by atoms with van der Waals surface area (Å²) in [7, 11) is 1.73. The van der Waals surface area contributed by atoms with E-state index in [1.807, 2.05) is 6.20 Å². The molecule has 1 aliphatic heterocycles. The number of aromatic amines is 1. The van der Waals surface area contributed by atoms with Gasteiger partial charge < -0.3 is 14.3 Å². The number of rotatable bonds is 5. The van der Waals surface area contributed by atoms with E-state index in [-0.39, 0.29) is 6.04 Å². The standard InChI is InChI=1S/C25H28N4O/c1-4-28-14-12-26-23(28)16-29-13-11-20-19-7-5-6-8-21(19)27-24(20)25(29)18-9-10-22(30-3)17(2)15-18/h5-10,12,14-15,25,27H,4,11,13,16H2,1-3H3. The lowest BCUT2D eigenvalue weighted by atomic mass is 9.91. The Morgan fingerprint density at radius 1 is 1.20 bits per heavy atom. The van der Waals surface area contributed by atoms with E-state index in [0.29, 0.717) is 0 Å². The first-order valence-corrected chi connectivity index (χ1v) is 10.7. The summed E-state index contributed by atoms with van der Waals surface area (Å²) in [6.07, 6.45) is 5.02. The van der Waals surface area contributed by atoms with Crippen LogP contribution in [-0.4, -0.2) is 33.1 Å². The maximum atomic E-state index is 5.51. The molecule has 0 spiro atoms. The van der Waals surface area contributed by atoms with Crippen LogP contribution in [-0.2, 0) is 19.5 Å². The number of hydrogen-bond acceptors (Lipinski definition) is 3. The van der Waals surface area contributed by atoms with Gasteiger partial charge in [0.15, 0.2) is 0 Å². The summed E-state index contributed by atoms with van der Waals surface area (Å²) in [5.74, 6) is 2.05. The number of methoxy groups -OCH3 is 1. The Balaban J connectivity index is 1.63. The van der Waals surface area contributed by atoms with Gasteiger partial charge in [0.1, 0.15) is 11.6 Å². The third-order valence-corrected chi connectivity index (χ3v) is 6.36. The molecule has 0 radical (unpaired) electrons. The van der Waals surface area contributed by atoms with Crippen LogP contribution in [0.2, 0.25) is 0 Å². The van der Waals surface area contributed by atoms with Gasteiger partial charge in [0.25, 0.3) is 0 Å². The van der Waals surface area contributed by atoms with Crippen molar-refractivity contribution in [3.05, 3.63) is 83.1 Å². The Morgan fingerprint density at radius 3 is 2.87 bits per heavy atom. The van der Waals surface area contributed by atoms with Crippen molar-refractivity contribution < 1.29 is 4.74 Å². The van der Waals surface area contributed by atoms with Crippen LogP contribution in [0.15, 0.2) is 54.9 Å². The molecule has 0 amide bonds. The molecule has 2 aromatic carbocycles. The summed E-state index contributed by atoms with van der Waals surface area (Å²) in [6, 6.07) is 15.4. The highest BCUT2D eigenvalue weighted by molar-refractivity contribution is 5.85. The molecule has 30 heavy (non-hydrogen) atoms. The van der Waals surface area contributed by atoms with Crippen molar-refractivity contribution in [2.75, 3.05) is 13.7 Å². The summed E-state index contributed by atoms with van der Waals surface area (Å²) in [4.78, 5) is 10.9. The van der Waals surface area contributed by atoms with Crippen LogP contribution < -0.4 is 4.74 Å². The van der Waals surface area contributed by atoms with E-state index in [2.05, 4.69) is 81.9 Å². The van der Waals surface area contributed by atoms with Crippen LogP contribution in [0.25, 0.3) is 10.9 Å². The minimum atomic E-state index is 0.160. The number of ether oxygens (including phenoxy) is 1. The van der Waals surface area contributed by atoms with Crippen LogP contribution in [0, 0.1) is 6.92 Å². The lowest BCUT2D eigenvalue weighted by Gasteiger charge is -2.36. The monoisotopic (exact) mass is 400 g/mol.